The highest BCUT2D eigenvalue weighted by molar-refractivity contribution is 5.96. The first kappa shape index (κ1) is 14.0. The van der Waals surface area contributed by atoms with Crippen LogP contribution in [0.4, 0.5) is 4.39 Å². The summed E-state index contributed by atoms with van der Waals surface area (Å²) in [5.41, 5.74) is 0.463. The van der Waals surface area contributed by atoms with Crippen molar-refractivity contribution in [2.45, 2.75) is 45.4 Å². The van der Waals surface area contributed by atoms with E-state index in [0.717, 1.165) is 12.3 Å². The van der Waals surface area contributed by atoms with Crippen LogP contribution < -0.4 is 4.74 Å². The molecule has 0 bridgehead atoms. The normalized spacial score (nSPS) is 16.3. The molecule has 1 fully saturated rings. The summed E-state index contributed by atoms with van der Waals surface area (Å²) in [7, 11) is 0. The third-order valence-corrected chi connectivity index (χ3v) is 3.83. The molecule has 3 heteroatoms. The molecule has 1 aliphatic rings. The molecule has 0 aromatic heterocycles. The monoisotopic (exact) mass is 264 g/mol. The van der Waals surface area contributed by atoms with E-state index in [-0.39, 0.29) is 11.6 Å². The molecule has 0 aliphatic heterocycles. The van der Waals surface area contributed by atoms with Crippen LogP contribution in [-0.2, 0) is 0 Å². The van der Waals surface area contributed by atoms with E-state index in [4.69, 9.17) is 4.74 Å². The minimum absolute atomic E-state index is 0.0901. The maximum atomic E-state index is 13.2. The summed E-state index contributed by atoms with van der Waals surface area (Å²) >= 11 is 0. The zero-order valence-electron chi connectivity index (χ0n) is 11.5. The number of benzene rings is 1. The van der Waals surface area contributed by atoms with Gasteiger partial charge in [0.15, 0.2) is 5.78 Å². The first-order chi connectivity index (χ1) is 9.16. The number of Topliss-reactive ketones (excluding diaryl/α,β-unsaturated/α-hetero) is 1. The van der Waals surface area contributed by atoms with Crippen molar-refractivity contribution < 1.29 is 13.9 Å². The van der Waals surface area contributed by atoms with Crippen molar-refractivity contribution in [1.29, 1.82) is 0 Å². The Kier molecular flexibility index (Phi) is 4.94. The minimum atomic E-state index is -0.363. The number of ketones is 1. The smallest absolute Gasteiger partial charge is 0.163 e. The fraction of sp³-hybridized carbons (Fsp3) is 0.562. The van der Waals surface area contributed by atoms with E-state index in [1.807, 2.05) is 0 Å². The maximum Gasteiger partial charge on any atom is 0.163 e. The van der Waals surface area contributed by atoms with Crippen molar-refractivity contribution in [3.63, 3.8) is 0 Å². The Hall–Kier alpha value is -1.38. The SMILES string of the molecule is CC(=O)c1ccc(F)cc1OCCC1CCCCC1. The van der Waals surface area contributed by atoms with E-state index in [1.165, 1.54) is 57.2 Å². The molecule has 104 valence electrons. The number of carbonyl (C=O) groups excluding carboxylic acids is 1. The maximum absolute atomic E-state index is 13.2. The van der Waals surface area contributed by atoms with E-state index in [9.17, 15) is 9.18 Å². The van der Waals surface area contributed by atoms with Crippen LogP contribution in [0.3, 0.4) is 0 Å². The van der Waals surface area contributed by atoms with Crippen LogP contribution in [0.2, 0.25) is 0 Å². The number of ether oxygens (including phenoxy) is 1. The van der Waals surface area contributed by atoms with Crippen molar-refractivity contribution in [3.8, 4) is 5.75 Å². The molecule has 0 spiro atoms. The quantitative estimate of drug-likeness (QED) is 0.738. The van der Waals surface area contributed by atoms with Gasteiger partial charge in [0.2, 0.25) is 0 Å². The first-order valence-corrected chi connectivity index (χ1v) is 7.10. The summed E-state index contributed by atoms with van der Waals surface area (Å²) in [6.07, 6.45) is 7.49. The Bertz CT molecular complexity index is 436. The van der Waals surface area contributed by atoms with Gasteiger partial charge >= 0.3 is 0 Å². The lowest BCUT2D eigenvalue weighted by Gasteiger charge is -2.21. The molecule has 1 saturated carbocycles. The Morgan fingerprint density at radius 1 is 1.32 bits per heavy atom. The van der Waals surface area contributed by atoms with Crippen LogP contribution in [0, 0.1) is 11.7 Å². The van der Waals surface area contributed by atoms with Crippen molar-refractivity contribution in [1.82, 2.24) is 0 Å². The zero-order valence-corrected chi connectivity index (χ0v) is 11.5. The summed E-state index contributed by atoms with van der Waals surface area (Å²) in [6.45, 7) is 2.04. The second-order valence-electron chi connectivity index (χ2n) is 5.34. The van der Waals surface area contributed by atoms with E-state index in [1.54, 1.807) is 0 Å². The van der Waals surface area contributed by atoms with Crippen LogP contribution in [0.5, 0.6) is 5.75 Å². The molecule has 1 aromatic rings. The largest absolute Gasteiger partial charge is 0.493 e. The van der Waals surface area contributed by atoms with E-state index in [2.05, 4.69) is 0 Å². The van der Waals surface area contributed by atoms with Crippen molar-refractivity contribution in [2.75, 3.05) is 6.61 Å². The molecule has 0 saturated heterocycles. The average Bonchev–Trinajstić information content (AvgIpc) is 2.39. The van der Waals surface area contributed by atoms with E-state index < -0.39 is 0 Å². The summed E-state index contributed by atoms with van der Waals surface area (Å²) < 4.78 is 18.8. The van der Waals surface area contributed by atoms with Crippen molar-refractivity contribution >= 4 is 5.78 Å². The molecule has 2 rings (SSSR count). The molecule has 1 aromatic carbocycles. The fourth-order valence-electron chi connectivity index (χ4n) is 2.72. The van der Waals surface area contributed by atoms with Gasteiger partial charge < -0.3 is 4.74 Å². The van der Waals surface area contributed by atoms with Gasteiger partial charge in [-0.15, -0.1) is 0 Å². The van der Waals surface area contributed by atoms with Gasteiger partial charge in [0.05, 0.1) is 12.2 Å². The Balaban J connectivity index is 1.91. The van der Waals surface area contributed by atoms with Crippen LogP contribution in [0.15, 0.2) is 18.2 Å². The number of hydrogen-bond donors (Lipinski definition) is 0. The highest BCUT2D eigenvalue weighted by atomic mass is 19.1. The van der Waals surface area contributed by atoms with Gasteiger partial charge in [0, 0.05) is 6.07 Å². The summed E-state index contributed by atoms with van der Waals surface area (Å²) in [5, 5.41) is 0. The second-order valence-corrected chi connectivity index (χ2v) is 5.34. The number of carbonyl (C=O) groups is 1. The van der Waals surface area contributed by atoms with Gasteiger partial charge in [0.1, 0.15) is 11.6 Å². The molecular weight excluding hydrogens is 243 g/mol. The van der Waals surface area contributed by atoms with Crippen molar-refractivity contribution in [3.05, 3.63) is 29.6 Å². The third-order valence-electron chi connectivity index (χ3n) is 3.83. The summed E-state index contributed by atoms with van der Waals surface area (Å²) in [4.78, 5) is 11.4. The lowest BCUT2D eigenvalue weighted by atomic mass is 9.87. The van der Waals surface area contributed by atoms with Crippen LogP contribution in [-0.4, -0.2) is 12.4 Å². The van der Waals surface area contributed by atoms with Crippen LogP contribution >= 0.6 is 0 Å². The fourth-order valence-corrected chi connectivity index (χ4v) is 2.72. The number of rotatable bonds is 5. The molecule has 0 atom stereocenters. The van der Waals surface area contributed by atoms with E-state index >= 15 is 0 Å². The van der Waals surface area contributed by atoms with Crippen LogP contribution in [0.25, 0.3) is 0 Å². The predicted molar refractivity (Wildman–Crippen MR) is 73.1 cm³/mol. The molecule has 0 unspecified atom stereocenters. The molecule has 2 nitrogen and oxygen atoms in total. The number of halogens is 1. The average molecular weight is 264 g/mol. The van der Waals surface area contributed by atoms with E-state index in [0.29, 0.717) is 17.9 Å². The Labute approximate surface area is 114 Å². The summed E-state index contributed by atoms with van der Waals surface area (Å²) in [5.74, 6) is 0.650. The van der Waals surface area contributed by atoms with Gasteiger partial charge in [-0.3, -0.25) is 4.79 Å². The topological polar surface area (TPSA) is 26.3 Å². The molecule has 0 amide bonds. The van der Waals surface area contributed by atoms with Gasteiger partial charge in [-0.25, -0.2) is 4.39 Å². The molecule has 19 heavy (non-hydrogen) atoms. The second kappa shape index (κ2) is 6.69. The Morgan fingerprint density at radius 3 is 2.74 bits per heavy atom. The lowest BCUT2D eigenvalue weighted by molar-refractivity contribution is 0.101. The van der Waals surface area contributed by atoms with Gasteiger partial charge in [-0.2, -0.15) is 0 Å². The third kappa shape index (κ3) is 4.05. The number of hydrogen-bond acceptors (Lipinski definition) is 2. The lowest BCUT2D eigenvalue weighted by Crippen LogP contribution is -2.11. The molecule has 0 N–H and O–H groups in total. The molecule has 1 aliphatic carbocycles. The standard InChI is InChI=1S/C16H21FO2/c1-12(18)15-8-7-14(17)11-16(15)19-10-9-13-5-3-2-4-6-13/h7-8,11,13H,2-6,9-10H2,1H3. The molecular formula is C16H21FO2. The highest BCUT2D eigenvalue weighted by Gasteiger charge is 2.14. The zero-order chi connectivity index (χ0) is 13.7. The first-order valence-electron chi connectivity index (χ1n) is 7.10. The van der Waals surface area contributed by atoms with Crippen molar-refractivity contribution in [2.24, 2.45) is 5.92 Å². The molecule has 0 radical (unpaired) electrons. The van der Waals surface area contributed by atoms with Gasteiger partial charge in [0.25, 0.3) is 0 Å². The Morgan fingerprint density at radius 2 is 2.05 bits per heavy atom. The predicted octanol–water partition coefficient (Wildman–Crippen LogP) is 4.38. The van der Waals surface area contributed by atoms with Crippen LogP contribution in [0.1, 0.15) is 55.8 Å². The highest BCUT2D eigenvalue weighted by Crippen LogP contribution is 2.27. The molecule has 0 heterocycles. The van der Waals surface area contributed by atoms with Gasteiger partial charge in [-0.05, 0) is 31.4 Å². The minimum Gasteiger partial charge on any atom is -0.493 e. The summed E-state index contributed by atoms with van der Waals surface area (Å²) in [6, 6.07) is 4.09. The van der Waals surface area contributed by atoms with Gasteiger partial charge in [-0.1, -0.05) is 32.1 Å².